The van der Waals surface area contributed by atoms with Crippen molar-refractivity contribution in [2.24, 2.45) is 4.99 Å². The second-order valence-corrected chi connectivity index (χ2v) is 7.60. The minimum Gasteiger partial charge on any atom is -0.305 e. The molecule has 29 heavy (non-hydrogen) atoms. The molecule has 0 radical (unpaired) electrons. The summed E-state index contributed by atoms with van der Waals surface area (Å²) < 4.78 is 40.4. The number of nitriles is 1. The Kier molecular flexibility index (Phi) is 5.13. The van der Waals surface area contributed by atoms with Gasteiger partial charge in [0.05, 0.1) is 28.4 Å². The Balaban J connectivity index is 2.16. The van der Waals surface area contributed by atoms with Crippen molar-refractivity contribution in [3.8, 4) is 6.07 Å². The molecule has 0 spiro atoms. The fourth-order valence-corrected chi connectivity index (χ4v) is 4.07. The highest BCUT2D eigenvalue weighted by atomic mass is 32.1. The van der Waals surface area contributed by atoms with E-state index in [1.807, 2.05) is 49.9 Å². The van der Waals surface area contributed by atoms with Gasteiger partial charge in [0, 0.05) is 12.7 Å². The SMILES string of the molecule is CN=C1N(c2ccc(C#N)c(C(F)(F)F)c2)C(=S)N(c2ccc(C)cc2)C1(C)C. The molecule has 2 aromatic carbocycles. The molecule has 0 aliphatic carbocycles. The number of anilines is 2. The quantitative estimate of drug-likeness (QED) is 0.623. The van der Waals surface area contributed by atoms with Gasteiger partial charge < -0.3 is 4.90 Å². The Bertz CT molecular complexity index is 1030. The van der Waals surface area contributed by atoms with Crippen molar-refractivity contribution >= 4 is 34.5 Å². The zero-order valence-corrected chi connectivity index (χ0v) is 17.2. The molecule has 4 nitrogen and oxygen atoms in total. The smallest absolute Gasteiger partial charge is 0.305 e. The van der Waals surface area contributed by atoms with Gasteiger partial charge in [-0.15, -0.1) is 0 Å². The highest BCUT2D eigenvalue weighted by Crippen LogP contribution is 2.40. The number of alkyl halides is 3. The summed E-state index contributed by atoms with van der Waals surface area (Å²) in [7, 11) is 1.58. The van der Waals surface area contributed by atoms with Crippen molar-refractivity contribution in [1.82, 2.24) is 0 Å². The van der Waals surface area contributed by atoms with Gasteiger partial charge in [-0.25, -0.2) is 0 Å². The van der Waals surface area contributed by atoms with E-state index < -0.39 is 22.8 Å². The molecular formula is C21H19F3N4S. The maximum Gasteiger partial charge on any atom is 0.417 e. The first-order valence-corrected chi connectivity index (χ1v) is 9.22. The molecule has 0 saturated carbocycles. The summed E-state index contributed by atoms with van der Waals surface area (Å²) in [6.07, 6.45) is -4.65. The third-order valence-electron chi connectivity index (χ3n) is 4.89. The van der Waals surface area contributed by atoms with Crippen molar-refractivity contribution in [2.45, 2.75) is 32.5 Å². The lowest BCUT2D eigenvalue weighted by molar-refractivity contribution is -0.137. The highest BCUT2D eigenvalue weighted by Gasteiger charge is 2.48. The Hall–Kier alpha value is -2.92. The first kappa shape index (κ1) is 20.8. The molecule has 0 amide bonds. The predicted octanol–water partition coefficient (Wildman–Crippen LogP) is 5.30. The number of hydrogen-bond donors (Lipinski definition) is 0. The molecule has 8 heteroatoms. The Morgan fingerprint density at radius 2 is 1.66 bits per heavy atom. The van der Waals surface area contributed by atoms with Gasteiger partial charge in [-0.1, -0.05) is 17.7 Å². The van der Waals surface area contributed by atoms with Gasteiger partial charge in [0.1, 0.15) is 5.84 Å². The number of nitrogens with zero attached hydrogens (tertiary/aromatic N) is 4. The molecule has 1 heterocycles. The Morgan fingerprint density at radius 3 is 2.17 bits per heavy atom. The van der Waals surface area contributed by atoms with Gasteiger partial charge in [0.15, 0.2) is 5.11 Å². The van der Waals surface area contributed by atoms with E-state index in [-0.39, 0.29) is 5.69 Å². The van der Waals surface area contributed by atoms with Gasteiger partial charge in [-0.05, 0) is 63.3 Å². The Labute approximate surface area is 172 Å². The summed E-state index contributed by atoms with van der Waals surface area (Å²) in [6.45, 7) is 5.80. The fourth-order valence-electron chi connectivity index (χ4n) is 3.54. The van der Waals surface area contributed by atoms with Crippen LogP contribution in [-0.4, -0.2) is 23.5 Å². The van der Waals surface area contributed by atoms with Gasteiger partial charge in [0.2, 0.25) is 0 Å². The number of benzene rings is 2. The van der Waals surface area contributed by atoms with E-state index in [1.54, 1.807) is 13.1 Å². The first-order chi connectivity index (χ1) is 13.5. The topological polar surface area (TPSA) is 42.6 Å². The van der Waals surface area contributed by atoms with Crippen LogP contribution in [0.1, 0.15) is 30.5 Å². The minimum atomic E-state index is -4.65. The second kappa shape index (κ2) is 7.16. The van der Waals surface area contributed by atoms with Crippen molar-refractivity contribution < 1.29 is 13.2 Å². The van der Waals surface area contributed by atoms with Crippen LogP contribution in [0.4, 0.5) is 24.5 Å². The number of halogens is 3. The molecule has 150 valence electrons. The number of amidine groups is 1. The summed E-state index contributed by atoms with van der Waals surface area (Å²) in [6, 6.07) is 12.9. The molecule has 1 aliphatic heterocycles. The lowest BCUT2D eigenvalue weighted by Crippen LogP contribution is -2.44. The van der Waals surface area contributed by atoms with Crippen LogP contribution in [0.15, 0.2) is 47.5 Å². The van der Waals surface area contributed by atoms with Crippen LogP contribution in [-0.2, 0) is 6.18 Å². The standard InChI is InChI=1S/C21H19F3N4S/c1-13-5-8-15(9-6-13)28-19(29)27(18(26-4)20(28,2)3)16-10-7-14(12-25)17(11-16)21(22,23)24/h5-11H,1-4H3. The molecule has 1 saturated heterocycles. The van der Waals surface area contributed by atoms with Crippen LogP contribution in [0.2, 0.25) is 0 Å². The Morgan fingerprint density at radius 1 is 1.07 bits per heavy atom. The first-order valence-electron chi connectivity index (χ1n) is 8.82. The van der Waals surface area contributed by atoms with Crippen LogP contribution in [0.3, 0.4) is 0 Å². The lowest BCUT2D eigenvalue weighted by atomic mass is 10.0. The van der Waals surface area contributed by atoms with E-state index >= 15 is 0 Å². The molecular weight excluding hydrogens is 397 g/mol. The molecule has 1 fully saturated rings. The maximum absolute atomic E-state index is 13.5. The van der Waals surface area contributed by atoms with E-state index in [4.69, 9.17) is 17.5 Å². The van der Waals surface area contributed by atoms with Crippen molar-refractivity contribution in [2.75, 3.05) is 16.8 Å². The van der Waals surface area contributed by atoms with Crippen LogP contribution in [0.5, 0.6) is 0 Å². The molecule has 0 aromatic heterocycles. The molecule has 0 unspecified atom stereocenters. The predicted molar refractivity (Wildman–Crippen MR) is 112 cm³/mol. The number of aryl methyl sites for hydroxylation is 1. The fraction of sp³-hybridized carbons (Fsp3) is 0.286. The van der Waals surface area contributed by atoms with Gasteiger partial charge >= 0.3 is 6.18 Å². The summed E-state index contributed by atoms with van der Waals surface area (Å²) in [5, 5.41) is 9.38. The summed E-state index contributed by atoms with van der Waals surface area (Å²) in [4.78, 5) is 7.75. The van der Waals surface area contributed by atoms with Crippen LogP contribution in [0, 0.1) is 18.3 Å². The molecule has 0 N–H and O–H groups in total. The van der Waals surface area contributed by atoms with Crippen LogP contribution >= 0.6 is 12.2 Å². The number of hydrogen-bond acceptors (Lipinski definition) is 3. The second-order valence-electron chi connectivity index (χ2n) is 7.23. The maximum atomic E-state index is 13.5. The third kappa shape index (κ3) is 3.47. The number of rotatable bonds is 2. The zero-order chi connectivity index (χ0) is 21.6. The monoisotopic (exact) mass is 416 g/mol. The molecule has 2 aromatic rings. The number of aliphatic imine (C=N–C) groups is 1. The van der Waals surface area contributed by atoms with Crippen molar-refractivity contribution in [1.29, 1.82) is 5.26 Å². The van der Waals surface area contributed by atoms with Gasteiger partial charge in [0.25, 0.3) is 0 Å². The third-order valence-corrected chi connectivity index (χ3v) is 5.26. The molecule has 3 rings (SSSR count). The molecule has 0 bridgehead atoms. The largest absolute Gasteiger partial charge is 0.417 e. The van der Waals surface area contributed by atoms with E-state index in [0.717, 1.165) is 23.4 Å². The summed E-state index contributed by atoms with van der Waals surface area (Å²) in [5.74, 6) is 0.515. The van der Waals surface area contributed by atoms with Crippen LogP contribution < -0.4 is 9.80 Å². The lowest BCUT2D eigenvalue weighted by Gasteiger charge is -2.31. The summed E-state index contributed by atoms with van der Waals surface area (Å²) >= 11 is 5.67. The van der Waals surface area contributed by atoms with E-state index in [0.29, 0.717) is 10.9 Å². The van der Waals surface area contributed by atoms with Gasteiger partial charge in [-0.2, -0.15) is 18.4 Å². The van der Waals surface area contributed by atoms with Gasteiger partial charge in [-0.3, -0.25) is 9.89 Å². The number of thiocarbonyl (C=S) groups is 1. The highest BCUT2D eigenvalue weighted by molar-refractivity contribution is 7.81. The van der Waals surface area contributed by atoms with E-state index in [2.05, 4.69) is 4.99 Å². The van der Waals surface area contributed by atoms with E-state index in [9.17, 15) is 13.2 Å². The molecule has 1 aliphatic rings. The van der Waals surface area contributed by atoms with Crippen LogP contribution in [0.25, 0.3) is 0 Å². The molecule has 0 atom stereocenters. The zero-order valence-electron chi connectivity index (χ0n) is 16.4. The van der Waals surface area contributed by atoms with Crippen molar-refractivity contribution in [3.05, 3.63) is 59.2 Å². The average Bonchev–Trinajstić information content (AvgIpc) is 2.86. The normalized spacial score (nSPS) is 17.7. The minimum absolute atomic E-state index is 0.213. The van der Waals surface area contributed by atoms with E-state index in [1.165, 1.54) is 11.0 Å². The van der Waals surface area contributed by atoms with Crippen molar-refractivity contribution in [3.63, 3.8) is 0 Å². The summed E-state index contributed by atoms with van der Waals surface area (Å²) in [5.41, 5.74) is -0.00497. The average molecular weight is 416 g/mol.